The number of nitrogens with zero attached hydrogens (tertiary/aromatic N) is 2. The maximum atomic E-state index is 12.3. The summed E-state index contributed by atoms with van der Waals surface area (Å²) in [6.07, 6.45) is 2.38. The predicted octanol–water partition coefficient (Wildman–Crippen LogP) is 3.05. The number of hydrogen-bond acceptors (Lipinski definition) is 6. The predicted molar refractivity (Wildman–Crippen MR) is 96.4 cm³/mol. The summed E-state index contributed by atoms with van der Waals surface area (Å²) in [7, 11) is 1.58. The molecule has 26 heavy (non-hydrogen) atoms. The second-order valence-electron chi connectivity index (χ2n) is 5.75. The van der Waals surface area contributed by atoms with Gasteiger partial charge in [0.2, 0.25) is 12.0 Å². The minimum Gasteiger partial charge on any atom is -0.493 e. The van der Waals surface area contributed by atoms with E-state index in [1.54, 1.807) is 25.4 Å². The van der Waals surface area contributed by atoms with Crippen LogP contribution in [0, 0.1) is 0 Å². The topological polar surface area (TPSA) is 82.0 Å². The first-order valence-electron chi connectivity index (χ1n) is 8.45. The summed E-state index contributed by atoms with van der Waals surface area (Å²) < 4.78 is 11.2. The van der Waals surface area contributed by atoms with Crippen LogP contribution in [0.1, 0.15) is 25.3 Å². The van der Waals surface area contributed by atoms with E-state index in [1.165, 1.54) is 0 Å². The van der Waals surface area contributed by atoms with Crippen LogP contribution in [-0.4, -0.2) is 29.8 Å². The molecule has 0 saturated heterocycles. The van der Waals surface area contributed by atoms with Crippen molar-refractivity contribution in [1.29, 1.82) is 0 Å². The van der Waals surface area contributed by atoms with Gasteiger partial charge in [-0.05, 0) is 24.6 Å². The van der Waals surface area contributed by atoms with Gasteiger partial charge in [-0.25, -0.2) is 4.98 Å². The van der Waals surface area contributed by atoms with Crippen LogP contribution in [0.15, 0.2) is 47.8 Å². The van der Waals surface area contributed by atoms with E-state index < -0.39 is 6.10 Å². The molecule has 1 N–H and O–H groups in total. The van der Waals surface area contributed by atoms with E-state index in [-0.39, 0.29) is 12.5 Å². The normalized spacial score (nSPS) is 15.8. The third kappa shape index (κ3) is 4.11. The van der Waals surface area contributed by atoms with Gasteiger partial charge in [0.05, 0.1) is 12.8 Å². The van der Waals surface area contributed by atoms with Gasteiger partial charge in [0.15, 0.2) is 11.5 Å². The number of carbonyl (C=O) groups is 1. The average Bonchev–Trinajstić information content (AvgIpc) is 3.17. The summed E-state index contributed by atoms with van der Waals surface area (Å²) in [6, 6.07) is 11.0. The number of oxime groups is 1. The van der Waals surface area contributed by atoms with Gasteiger partial charge in [-0.15, -0.1) is 0 Å². The Labute approximate surface area is 152 Å². The number of para-hydroxylation sites is 2. The zero-order chi connectivity index (χ0) is 18.4. The molecule has 0 spiro atoms. The van der Waals surface area contributed by atoms with Crippen molar-refractivity contribution in [3.63, 3.8) is 0 Å². The van der Waals surface area contributed by atoms with Crippen LogP contribution < -0.4 is 14.8 Å². The Morgan fingerprint density at radius 3 is 2.81 bits per heavy atom. The quantitative estimate of drug-likeness (QED) is 0.825. The number of benzene rings is 1. The number of carbonyl (C=O) groups excluding carboxylic acids is 1. The molecule has 0 aliphatic carbocycles. The van der Waals surface area contributed by atoms with E-state index in [4.69, 9.17) is 14.3 Å². The zero-order valence-electron chi connectivity index (χ0n) is 14.8. The number of pyridine rings is 1. The summed E-state index contributed by atoms with van der Waals surface area (Å²) in [5, 5.41) is 6.76. The van der Waals surface area contributed by atoms with Crippen LogP contribution >= 0.6 is 0 Å². The lowest BCUT2D eigenvalue weighted by Gasteiger charge is -2.14. The maximum Gasteiger partial charge on any atom is 0.264 e. The van der Waals surface area contributed by atoms with E-state index in [9.17, 15) is 4.79 Å². The zero-order valence-corrected chi connectivity index (χ0v) is 14.8. The second-order valence-corrected chi connectivity index (χ2v) is 5.75. The van der Waals surface area contributed by atoms with E-state index >= 15 is 0 Å². The molecule has 7 nitrogen and oxygen atoms in total. The second kappa shape index (κ2) is 8.33. The molecule has 2 aromatic rings. The van der Waals surface area contributed by atoms with E-state index in [2.05, 4.69) is 15.5 Å². The highest BCUT2D eigenvalue weighted by Gasteiger charge is 2.27. The molecule has 0 fully saturated rings. The Hall–Kier alpha value is -3.09. The van der Waals surface area contributed by atoms with Gasteiger partial charge >= 0.3 is 0 Å². The summed E-state index contributed by atoms with van der Waals surface area (Å²) in [4.78, 5) is 21.7. The van der Waals surface area contributed by atoms with Gasteiger partial charge < -0.3 is 19.6 Å². The molecule has 0 bridgehead atoms. The van der Waals surface area contributed by atoms with Crippen LogP contribution in [-0.2, 0) is 16.2 Å². The van der Waals surface area contributed by atoms with Crippen LogP contribution in [0.2, 0.25) is 0 Å². The van der Waals surface area contributed by atoms with E-state index in [0.29, 0.717) is 23.8 Å². The van der Waals surface area contributed by atoms with Gasteiger partial charge in [-0.2, -0.15) is 0 Å². The highest BCUT2D eigenvalue weighted by molar-refractivity contribution is 5.92. The van der Waals surface area contributed by atoms with E-state index in [0.717, 1.165) is 17.7 Å². The SMILES string of the molecule is CCC1=NOC(C(=O)NCc2cccnc2Oc2ccccc2OC)C1. The molecule has 136 valence electrons. The summed E-state index contributed by atoms with van der Waals surface area (Å²) in [5.41, 5.74) is 1.65. The Morgan fingerprint density at radius 1 is 1.27 bits per heavy atom. The monoisotopic (exact) mass is 355 g/mol. The number of methoxy groups -OCH3 is 1. The van der Waals surface area contributed by atoms with Crippen molar-refractivity contribution in [3.8, 4) is 17.4 Å². The molecule has 1 aliphatic rings. The lowest BCUT2D eigenvalue weighted by molar-refractivity contribution is -0.131. The van der Waals surface area contributed by atoms with Crippen molar-refractivity contribution in [1.82, 2.24) is 10.3 Å². The first-order valence-corrected chi connectivity index (χ1v) is 8.45. The van der Waals surface area contributed by atoms with E-state index in [1.807, 2.05) is 31.2 Å². The Bertz CT molecular complexity index is 807. The third-order valence-corrected chi connectivity index (χ3v) is 4.01. The molecular weight excluding hydrogens is 334 g/mol. The molecule has 0 radical (unpaired) electrons. The number of ether oxygens (including phenoxy) is 2. The van der Waals surface area contributed by atoms with Gasteiger partial charge in [0, 0.05) is 24.7 Å². The highest BCUT2D eigenvalue weighted by atomic mass is 16.6. The molecule has 3 rings (SSSR count). The molecule has 1 aromatic heterocycles. The number of hydrogen-bond donors (Lipinski definition) is 1. The largest absolute Gasteiger partial charge is 0.493 e. The van der Waals surface area contributed by atoms with Crippen molar-refractivity contribution in [3.05, 3.63) is 48.2 Å². The minimum atomic E-state index is -0.569. The Morgan fingerprint density at radius 2 is 2.08 bits per heavy atom. The van der Waals surface area contributed by atoms with Crippen LogP contribution in [0.25, 0.3) is 0 Å². The van der Waals surface area contributed by atoms with Crippen LogP contribution in [0.3, 0.4) is 0 Å². The molecule has 1 atom stereocenters. The standard InChI is InChI=1S/C19H21N3O4/c1-3-14-11-17(26-22-14)18(23)21-12-13-7-6-10-20-19(13)25-16-9-5-4-8-15(16)24-2/h4-10,17H,3,11-12H2,1-2H3,(H,21,23). The molecule has 1 aromatic carbocycles. The van der Waals surface area contributed by atoms with Crippen molar-refractivity contribution < 1.29 is 19.1 Å². The number of aromatic nitrogens is 1. The Kier molecular flexibility index (Phi) is 5.68. The van der Waals surface area contributed by atoms with Crippen LogP contribution in [0.5, 0.6) is 17.4 Å². The fraction of sp³-hybridized carbons (Fsp3) is 0.316. The average molecular weight is 355 g/mol. The van der Waals surface area contributed by atoms with Crippen molar-refractivity contribution in [2.45, 2.75) is 32.4 Å². The van der Waals surface area contributed by atoms with Gasteiger partial charge in [-0.1, -0.05) is 30.3 Å². The molecule has 7 heteroatoms. The minimum absolute atomic E-state index is 0.204. The maximum absolute atomic E-state index is 12.3. The Balaban J connectivity index is 1.65. The first kappa shape index (κ1) is 17.7. The lowest BCUT2D eigenvalue weighted by Crippen LogP contribution is -2.34. The fourth-order valence-electron chi connectivity index (χ4n) is 2.53. The van der Waals surface area contributed by atoms with Crippen molar-refractivity contribution in [2.24, 2.45) is 5.16 Å². The number of nitrogens with one attached hydrogen (secondary N) is 1. The summed E-state index contributed by atoms with van der Waals surface area (Å²) >= 11 is 0. The van der Waals surface area contributed by atoms with Gasteiger partial charge in [0.25, 0.3) is 5.91 Å². The molecule has 1 unspecified atom stereocenters. The number of rotatable bonds is 7. The summed E-state index contributed by atoms with van der Waals surface area (Å²) in [5.74, 6) is 1.37. The molecule has 1 aliphatic heterocycles. The van der Waals surface area contributed by atoms with Gasteiger partial charge in [0.1, 0.15) is 0 Å². The fourth-order valence-corrected chi connectivity index (χ4v) is 2.53. The van der Waals surface area contributed by atoms with Gasteiger partial charge in [-0.3, -0.25) is 4.79 Å². The van der Waals surface area contributed by atoms with Crippen molar-refractivity contribution >= 4 is 11.6 Å². The first-order chi connectivity index (χ1) is 12.7. The van der Waals surface area contributed by atoms with Crippen molar-refractivity contribution in [2.75, 3.05) is 7.11 Å². The smallest absolute Gasteiger partial charge is 0.264 e. The lowest BCUT2D eigenvalue weighted by atomic mass is 10.1. The number of amides is 1. The molecule has 1 amide bonds. The van der Waals surface area contributed by atoms with Crippen LogP contribution in [0.4, 0.5) is 0 Å². The molecule has 0 saturated carbocycles. The highest BCUT2D eigenvalue weighted by Crippen LogP contribution is 2.31. The third-order valence-electron chi connectivity index (χ3n) is 4.01. The molecule has 2 heterocycles. The molecular formula is C19H21N3O4. The summed E-state index contributed by atoms with van der Waals surface area (Å²) in [6.45, 7) is 2.26.